The molecule has 210 valence electrons. The summed E-state index contributed by atoms with van der Waals surface area (Å²) in [4.78, 5) is 28.5. The van der Waals surface area contributed by atoms with Crippen LogP contribution in [0.25, 0.3) is 0 Å². The van der Waals surface area contributed by atoms with Crippen molar-refractivity contribution >= 4 is 48.2 Å². The van der Waals surface area contributed by atoms with E-state index < -0.39 is 7.49 Å². The fourth-order valence-electron chi connectivity index (χ4n) is 5.48. The van der Waals surface area contributed by atoms with Gasteiger partial charge in [-0.1, -0.05) is 11.6 Å². The van der Waals surface area contributed by atoms with E-state index in [0.717, 1.165) is 81.3 Å². The van der Waals surface area contributed by atoms with Crippen molar-refractivity contribution in [2.75, 3.05) is 67.8 Å². The molecule has 3 aromatic rings. The van der Waals surface area contributed by atoms with Crippen molar-refractivity contribution in [3.05, 3.63) is 41.4 Å². The Bertz CT molecular complexity index is 1300. The van der Waals surface area contributed by atoms with E-state index in [-0.39, 0.29) is 0 Å². The molecule has 0 amide bonds. The van der Waals surface area contributed by atoms with Crippen molar-refractivity contribution in [3.63, 3.8) is 0 Å². The van der Waals surface area contributed by atoms with Gasteiger partial charge in [0.05, 0.1) is 12.4 Å². The second-order valence-electron chi connectivity index (χ2n) is 11.1. The van der Waals surface area contributed by atoms with Crippen LogP contribution >= 0.6 is 19.1 Å². The minimum Gasteiger partial charge on any atom is -0.428 e. The number of aromatic nitrogens is 3. The molecule has 1 aromatic carbocycles. The second-order valence-corrected chi connectivity index (χ2v) is 15.5. The molecule has 0 spiro atoms. The van der Waals surface area contributed by atoms with Crippen LogP contribution in [-0.2, 0) is 0 Å². The van der Waals surface area contributed by atoms with Gasteiger partial charge >= 0.3 is 145 Å². The number of hydrogen-bond donors (Lipinski definition) is 3. The summed E-state index contributed by atoms with van der Waals surface area (Å²) in [5, 5.41) is 6.71. The summed E-state index contributed by atoms with van der Waals surface area (Å²) >= 11 is 6.43. The summed E-state index contributed by atoms with van der Waals surface area (Å²) in [6.07, 6.45) is 9.83. The van der Waals surface area contributed by atoms with Gasteiger partial charge in [0, 0.05) is 5.92 Å². The third-order valence-corrected chi connectivity index (χ3v) is 11.0. The molecular weight excluding hydrogens is 537 g/mol. The van der Waals surface area contributed by atoms with Crippen molar-refractivity contribution in [1.82, 2.24) is 19.9 Å². The molecular formula is C27H37ClN7O3P. The first-order valence-electron chi connectivity index (χ1n) is 13.8. The number of rotatable bonds is 8. The summed E-state index contributed by atoms with van der Waals surface area (Å²) in [5.41, 5.74) is 1.90. The van der Waals surface area contributed by atoms with Gasteiger partial charge in [0.1, 0.15) is 10.8 Å². The molecule has 2 saturated heterocycles. The van der Waals surface area contributed by atoms with Crippen molar-refractivity contribution < 1.29 is 14.0 Å². The van der Waals surface area contributed by atoms with Crippen molar-refractivity contribution in [1.29, 1.82) is 0 Å². The van der Waals surface area contributed by atoms with Gasteiger partial charge in [-0.25, -0.2) is 9.97 Å². The number of methoxy groups -OCH3 is 1. The topological polar surface area (TPSA) is 112 Å². The molecule has 3 aliphatic rings. The zero-order valence-electron chi connectivity index (χ0n) is 22.5. The number of piperidine rings is 1. The monoisotopic (exact) mass is 573 g/mol. The zero-order chi connectivity index (χ0) is 27.0. The second kappa shape index (κ2) is 11.1. The minimum atomic E-state index is -1.93. The number of hydrogen-bond acceptors (Lipinski definition) is 10. The third kappa shape index (κ3) is 6.24. The molecule has 39 heavy (non-hydrogen) atoms. The Hall–Kier alpha value is -2.65. The van der Waals surface area contributed by atoms with Crippen LogP contribution in [0.4, 0.5) is 29.2 Å². The molecule has 0 atom stereocenters. The van der Waals surface area contributed by atoms with Gasteiger partial charge in [0.2, 0.25) is 5.95 Å². The molecule has 10 nitrogen and oxygen atoms in total. The molecule has 4 heterocycles. The van der Waals surface area contributed by atoms with Crippen LogP contribution in [0.15, 0.2) is 35.0 Å². The fourth-order valence-corrected chi connectivity index (χ4v) is 7.41. The van der Waals surface area contributed by atoms with Crippen LogP contribution in [0, 0.1) is 0 Å². The maximum absolute atomic E-state index is 10.4. The molecule has 6 rings (SSSR count). The predicted octanol–water partition coefficient (Wildman–Crippen LogP) is 5.06. The Labute approximate surface area is 234 Å². The van der Waals surface area contributed by atoms with Gasteiger partial charge in [0.15, 0.2) is 5.82 Å². The first-order chi connectivity index (χ1) is 18.9. The molecule has 2 aliphatic heterocycles. The van der Waals surface area contributed by atoms with E-state index in [9.17, 15) is 4.89 Å². The van der Waals surface area contributed by atoms with Gasteiger partial charge in [-0.3, -0.25) is 5.32 Å². The summed E-state index contributed by atoms with van der Waals surface area (Å²) in [6, 6.07) is 7.14. The number of benzene rings is 1. The molecule has 0 unspecified atom stereocenters. The molecule has 3 N–H and O–H groups in total. The van der Waals surface area contributed by atoms with Crippen molar-refractivity contribution in [2.45, 2.75) is 37.6 Å². The van der Waals surface area contributed by atoms with E-state index >= 15 is 0 Å². The SMILES string of the molecule is COc1cc(N2CCC(N3CC[PH](C)(O)CC3)CC2)ccc1Nc1nc(Nc2ncc(C3CC3)o2)ncc1Cl. The van der Waals surface area contributed by atoms with Gasteiger partial charge in [-0.15, -0.1) is 0 Å². The van der Waals surface area contributed by atoms with Gasteiger partial charge in [-0.05, 0) is 12.8 Å². The first-order valence-corrected chi connectivity index (χ1v) is 17.0. The van der Waals surface area contributed by atoms with Crippen LogP contribution in [0.3, 0.4) is 0 Å². The number of halogens is 1. The Morgan fingerprint density at radius 3 is 2.54 bits per heavy atom. The summed E-state index contributed by atoms with van der Waals surface area (Å²) in [5.74, 6) is 2.88. The Morgan fingerprint density at radius 1 is 1.05 bits per heavy atom. The standard InChI is InChI=1S/C27H37ClN7O3P/c1-37-23-15-20(34-9-7-19(8-10-34)35-11-13-39(2,36)14-12-35)5-6-22(23)31-25-21(28)16-29-26(32-25)33-27-30-17-24(38-27)18-3-4-18/h5-6,15-19,36,39H,3-4,7-14H2,1-2H3,(H2,29,30,31,32,33). The van der Waals surface area contributed by atoms with Crippen molar-refractivity contribution in [3.8, 4) is 5.75 Å². The first kappa shape index (κ1) is 26.6. The van der Waals surface area contributed by atoms with Gasteiger partial charge < -0.3 is 4.42 Å². The van der Waals surface area contributed by atoms with E-state index in [1.807, 2.05) is 6.07 Å². The molecule has 12 heteroatoms. The van der Waals surface area contributed by atoms with E-state index in [0.29, 0.717) is 40.5 Å². The van der Waals surface area contributed by atoms with Crippen LogP contribution < -0.4 is 20.3 Å². The number of nitrogens with one attached hydrogen (secondary N) is 2. The predicted molar refractivity (Wildman–Crippen MR) is 158 cm³/mol. The van der Waals surface area contributed by atoms with Crippen LogP contribution in [0.5, 0.6) is 5.75 Å². The van der Waals surface area contributed by atoms with Crippen LogP contribution in [0.1, 0.15) is 37.4 Å². The van der Waals surface area contributed by atoms with Crippen molar-refractivity contribution in [2.24, 2.45) is 0 Å². The van der Waals surface area contributed by atoms with Gasteiger partial charge in [-0.2, -0.15) is 4.98 Å². The Kier molecular flexibility index (Phi) is 7.55. The number of oxazole rings is 1. The molecule has 1 aliphatic carbocycles. The van der Waals surface area contributed by atoms with Crippen LogP contribution in [-0.4, -0.2) is 83.1 Å². The van der Waals surface area contributed by atoms with Gasteiger partial charge in [0.25, 0.3) is 0 Å². The summed E-state index contributed by atoms with van der Waals surface area (Å²) < 4.78 is 11.5. The minimum absolute atomic E-state index is 0.337. The fraction of sp³-hybridized carbons (Fsp3) is 0.519. The quantitative estimate of drug-likeness (QED) is 0.316. The number of anilines is 5. The smallest absolute Gasteiger partial charge is 0.428 e. The average Bonchev–Trinajstić information content (AvgIpc) is 3.69. The van der Waals surface area contributed by atoms with Crippen LogP contribution in [0.2, 0.25) is 5.02 Å². The third-order valence-electron chi connectivity index (χ3n) is 8.13. The maximum atomic E-state index is 10.4. The van der Waals surface area contributed by atoms with E-state index in [1.165, 1.54) is 0 Å². The summed E-state index contributed by atoms with van der Waals surface area (Å²) in [6.45, 7) is 6.18. The molecule has 2 aromatic heterocycles. The normalized spacial score (nSPS) is 21.0. The van der Waals surface area contributed by atoms with E-state index in [4.69, 9.17) is 20.8 Å². The number of ether oxygens (including phenoxy) is 1. The summed E-state index contributed by atoms with van der Waals surface area (Å²) in [7, 11) is -0.264. The molecule has 0 bridgehead atoms. The Balaban J connectivity index is 1.10. The zero-order valence-corrected chi connectivity index (χ0v) is 24.2. The van der Waals surface area contributed by atoms with E-state index in [1.54, 1.807) is 19.5 Å². The van der Waals surface area contributed by atoms with E-state index in [2.05, 4.69) is 54.2 Å². The molecule has 1 saturated carbocycles. The Morgan fingerprint density at radius 2 is 1.82 bits per heavy atom. The molecule has 3 fully saturated rings. The number of nitrogens with zero attached hydrogens (tertiary/aromatic N) is 5. The molecule has 0 radical (unpaired) electrons. The average molecular weight is 574 g/mol.